The van der Waals surface area contributed by atoms with E-state index in [1.54, 1.807) is 29.2 Å². The van der Waals surface area contributed by atoms with Crippen LogP contribution in [0.3, 0.4) is 0 Å². The van der Waals surface area contributed by atoms with E-state index in [9.17, 15) is 10.1 Å². The van der Waals surface area contributed by atoms with Crippen LogP contribution in [-0.4, -0.2) is 24.7 Å². The second kappa shape index (κ2) is 5.36. The standard InChI is InChI=1S/C15H13N5O2/c1-10-6-11(2)19(18-10)15-16-8-13(9-17-15)12-4-3-5-14(7-12)20(21)22/h3-9H,1-2H3. The maximum absolute atomic E-state index is 10.8. The Hall–Kier alpha value is -3.09. The van der Waals surface area contributed by atoms with Crippen molar-refractivity contribution in [2.24, 2.45) is 0 Å². The fourth-order valence-corrected chi connectivity index (χ4v) is 2.21. The van der Waals surface area contributed by atoms with Gasteiger partial charge in [-0.1, -0.05) is 12.1 Å². The molecule has 22 heavy (non-hydrogen) atoms. The van der Waals surface area contributed by atoms with Crippen LogP contribution in [-0.2, 0) is 0 Å². The Morgan fingerprint density at radius 2 is 1.82 bits per heavy atom. The smallest absolute Gasteiger partial charge is 0.258 e. The quantitative estimate of drug-likeness (QED) is 0.547. The van der Waals surface area contributed by atoms with Gasteiger partial charge < -0.3 is 0 Å². The van der Waals surface area contributed by atoms with E-state index < -0.39 is 4.92 Å². The third-order valence-electron chi connectivity index (χ3n) is 3.23. The lowest BCUT2D eigenvalue weighted by molar-refractivity contribution is -0.384. The van der Waals surface area contributed by atoms with Crippen LogP contribution in [0.15, 0.2) is 42.7 Å². The molecule has 0 saturated heterocycles. The van der Waals surface area contributed by atoms with Gasteiger partial charge in [-0.05, 0) is 25.5 Å². The summed E-state index contributed by atoms with van der Waals surface area (Å²) in [6.45, 7) is 3.83. The predicted octanol–water partition coefficient (Wildman–Crippen LogP) is 2.85. The Morgan fingerprint density at radius 3 is 2.41 bits per heavy atom. The molecule has 0 spiro atoms. The zero-order valence-corrected chi connectivity index (χ0v) is 12.1. The summed E-state index contributed by atoms with van der Waals surface area (Å²) in [7, 11) is 0. The van der Waals surface area contributed by atoms with E-state index >= 15 is 0 Å². The molecule has 0 atom stereocenters. The summed E-state index contributed by atoms with van der Waals surface area (Å²) < 4.78 is 1.66. The van der Waals surface area contributed by atoms with Crippen molar-refractivity contribution >= 4 is 5.69 Å². The Bertz CT molecular complexity index is 839. The average molecular weight is 295 g/mol. The van der Waals surface area contributed by atoms with E-state index in [0.29, 0.717) is 17.1 Å². The Morgan fingerprint density at radius 1 is 1.09 bits per heavy atom. The summed E-state index contributed by atoms with van der Waals surface area (Å²) in [6.07, 6.45) is 3.27. The topological polar surface area (TPSA) is 86.7 Å². The van der Waals surface area contributed by atoms with Crippen LogP contribution in [0.1, 0.15) is 11.4 Å². The molecule has 2 heterocycles. The Kier molecular flexibility index (Phi) is 3.38. The van der Waals surface area contributed by atoms with Gasteiger partial charge >= 0.3 is 0 Å². The number of nitro benzene ring substituents is 1. The fourth-order valence-electron chi connectivity index (χ4n) is 2.21. The summed E-state index contributed by atoms with van der Waals surface area (Å²) in [4.78, 5) is 19.0. The summed E-state index contributed by atoms with van der Waals surface area (Å²) in [5, 5.41) is 15.1. The number of nitrogens with zero attached hydrogens (tertiary/aromatic N) is 5. The summed E-state index contributed by atoms with van der Waals surface area (Å²) in [5.74, 6) is 0.472. The number of benzene rings is 1. The molecule has 0 fully saturated rings. The molecule has 1 aromatic carbocycles. The Balaban J connectivity index is 1.96. The number of nitro groups is 1. The molecule has 3 aromatic rings. The van der Waals surface area contributed by atoms with E-state index in [2.05, 4.69) is 15.1 Å². The zero-order chi connectivity index (χ0) is 15.7. The minimum Gasteiger partial charge on any atom is -0.258 e. The van der Waals surface area contributed by atoms with Gasteiger partial charge in [-0.25, -0.2) is 14.6 Å². The van der Waals surface area contributed by atoms with Crippen molar-refractivity contribution in [1.29, 1.82) is 0 Å². The second-order valence-electron chi connectivity index (χ2n) is 4.92. The number of rotatable bonds is 3. The van der Waals surface area contributed by atoms with Crippen molar-refractivity contribution in [3.05, 3.63) is 64.2 Å². The molecule has 0 radical (unpaired) electrons. The number of non-ortho nitro benzene ring substituents is 1. The number of aromatic nitrogens is 4. The lowest BCUT2D eigenvalue weighted by Gasteiger charge is -2.04. The maximum Gasteiger partial charge on any atom is 0.270 e. The van der Waals surface area contributed by atoms with Crippen LogP contribution in [0.2, 0.25) is 0 Å². The minimum atomic E-state index is -0.422. The highest BCUT2D eigenvalue weighted by molar-refractivity contribution is 5.64. The highest BCUT2D eigenvalue weighted by Crippen LogP contribution is 2.23. The van der Waals surface area contributed by atoms with E-state index in [4.69, 9.17) is 0 Å². The molecular formula is C15H13N5O2. The van der Waals surface area contributed by atoms with Crippen molar-refractivity contribution < 1.29 is 4.92 Å². The third-order valence-corrected chi connectivity index (χ3v) is 3.23. The van der Waals surface area contributed by atoms with Gasteiger partial charge in [0.1, 0.15) is 0 Å². The van der Waals surface area contributed by atoms with Gasteiger partial charge in [-0.2, -0.15) is 5.10 Å². The normalized spacial score (nSPS) is 10.6. The van der Waals surface area contributed by atoms with Crippen LogP contribution in [0, 0.1) is 24.0 Å². The molecule has 0 aliphatic heterocycles. The van der Waals surface area contributed by atoms with Crippen LogP contribution in [0.25, 0.3) is 17.1 Å². The van der Waals surface area contributed by atoms with E-state index in [1.165, 1.54) is 12.1 Å². The van der Waals surface area contributed by atoms with Gasteiger partial charge in [-0.3, -0.25) is 10.1 Å². The van der Waals surface area contributed by atoms with Crippen LogP contribution in [0.4, 0.5) is 5.69 Å². The molecular weight excluding hydrogens is 282 g/mol. The van der Waals surface area contributed by atoms with E-state index in [0.717, 1.165) is 11.4 Å². The van der Waals surface area contributed by atoms with Gasteiger partial charge in [0.2, 0.25) is 0 Å². The summed E-state index contributed by atoms with van der Waals surface area (Å²) in [6, 6.07) is 8.32. The number of hydrogen-bond acceptors (Lipinski definition) is 5. The highest BCUT2D eigenvalue weighted by Gasteiger charge is 2.09. The average Bonchev–Trinajstić information content (AvgIpc) is 2.86. The molecule has 110 valence electrons. The highest BCUT2D eigenvalue weighted by atomic mass is 16.6. The SMILES string of the molecule is Cc1cc(C)n(-c2ncc(-c3cccc([N+](=O)[O-])c3)cn2)n1. The van der Waals surface area contributed by atoms with Crippen LogP contribution < -0.4 is 0 Å². The molecule has 3 rings (SSSR count). The second-order valence-corrected chi connectivity index (χ2v) is 4.92. The summed E-state index contributed by atoms with van der Waals surface area (Å²) >= 11 is 0. The van der Waals surface area contributed by atoms with Gasteiger partial charge in [0, 0.05) is 35.8 Å². The number of aryl methyl sites for hydroxylation is 2. The van der Waals surface area contributed by atoms with Gasteiger partial charge in [-0.15, -0.1) is 0 Å². The van der Waals surface area contributed by atoms with Crippen molar-refractivity contribution in [2.75, 3.05) is 0 Å². The van der Waals surface area contributed by atoms with E-state index in [1.807, 2.05) is 19.9 Å². The van der Waals surface area contributed by atoms with E-state index in [-0.39, 0.29) is 5.69 Å². The zero-order valence-electron chi connectivity index (χ0n) is 12.1. The molecule has 0 saturated carbocycles. The molecule has 0 aliphatic carbocycles. The lowest BCUT2D eigenvalue weighted by atomic mass is 10.1. The van der Waals surface area contributed by atoms with Gasteiger partial charge in [0.15, 0.2) is 0 Å². The maximum atomic E-state index is 10.8. The largest absolute Gasteiger partial charge is 0.270 e. The van der Waals surface area contributed by atoms with Crippen molar-refractivity contribution in [3.63, 3.8) is 0 Å². The Labute approximate surface area is 126 Å². The first kappa shape index (κ1) is 13.9. The molecule has 0 aliphatic rings. The van der Waals surface area contributed by atoms with Crippen molar-refractivity contribution in [3.8, 4) is 17.1 Å². The minimum absolute atomic E-state index is 0.0418. The summed E-state index contributed by atoms with van der Waals surface area (Å²) in [5.41, 5.74) is 3.30. The monoisotopic (exact) mass is 295 g/mol. The van der Waals surface area contributed by atoms with Crippen LogP contribution >= 0.6 is 0 Å². The van der Waals surface area contributed by atoms with Gasteiger partial charge in [0.25, 0.3) is 11.6 Å². The molecule has 2 aromatic heterocycles. The van der Waals surface area contributed by atoms with Crippen molar-refractivity contribution in [1.82, 2.24) is 19.7 Å². The first-order chi connectivity index (χ1) is 10.5. The van der Waals surface area contributed by atoms with Crippen molar-refractivity contribution in [2.45, 2.75) is 13.8 Å². The molecule has 7 nitrogen and oxygen atoms in total. The molecule has 0 bridgehead atoms. The molecule has 0 amide bonds. The predicted molar refractivity (Wildman–Crippen MR) is 80.7 cm³/mol. The van der Waals surface area contributed by atoms with Gasteiger partial charge in [0.05, 0.1) is 10.6 Å². The number of hydrogen-bond donors (Lipinski definition) is 0. The molecule has 7 heteroatoms. The van der Waals surface area contributed by atoms with Crippen LogP contribution in [0.5, 0.6) is 0 Å². The third kappa shape index (κ3) is 2.56. The first-order valence-corrected chi connectivity index (χ1v) is 6.65. The fraction of sp³-hybridized carbons (Fsp3) is 0.133. The first-order valence-electron chi connectivity index (χ1n) is 6.65. The molecule has 0 unspecified atom stereocenters. The lowest BCUT2D eigenvalue weighted by Crippen LogP contribution is -2.04. The molecule has 0 N–H and O–H groups in total.